The first-order valence-corrected chi connectivity index (χ1v) is 10.6. The van der Waals surface area contributed by atoms with Crippen molar-refractivity contribution in [2.75, 3.05) is 13.1 Å². The molecule has 3 rings (SSSR count). The zero-order valence-corrected chi connectivity index (χ0v) is 18.6. The van der Waals surface area contributed by atoms with Gasteiger partial charge in [0.25, 0.3) is 0 Å². The Bertz CT molecular complexity index is 780. The number of nitrogens with zero attached hydrogens (tertiary/aromatic N) is 1. The Morgan fingerprint density at radius 1 is 1.24 bits per heavy atom. The largest absolute Gasteiger partial charge is 0.444 e. The first-order valence-electron chi connectivity index (χ1n) is 10.2. The molecule has 2 aliphatic rings. The van der Waals surface area contributed by atoms with E-state index < -0.39 is 17.7 Å². The minimum atomic E-state index is -0.616. The zero-order valence-electron chi connectivity index (χ0n) is 17.9. The van der Waals surface area contributed by atoms with Crippen LogP contribution in [0.1, 0.15) is 58.6 Å². The highest BCUT2D eigenvalue weighted by Gasteiger charge is 2.44. The molecule has 29 heavy (non-hydrogen) atoms. The SMILES string of the molecule is CC(C)[C@@H](NC(=O)OC(C)(C)C)C(=O)N1CCC2(CC1)OCc1cc(Cl)ccc12. The number of amides is 2. The number of rotatable bonds is 3. The van der Waals surface area contributed by atoms with Crippen molar-refractivity contribution in [2.45, 2.75) is 71.3 Å². The van der Waals surface area contributed by atoms with Crippen LogP contribution in [0.25, 0.3) is 0 Å². The lowest BCUT2D eigenvalue weighted by atomic mass is 9.83. The zero-order chi connectivity index (χ0) is 21.4. The highest BCUT2D eigenvalue weighted by molar-refractivity contribution is 6.30. The molecule has 0 unspecified atom stereocenters. The fraction of sp³-hybridized carbons (Fsp3) is 0.636. The predicted molar refractivity (Wildman–Crippen MR) is 112 cm³/mol. The van der Waals surface area contributed by atoms with Gasteiger partial charge in [-0.1, -0.05) is 31.5 Å². The predicted octanol–water partition coefficient (Wildman–Crippen LogP) is 4.24. The summed E-state index contributed by atoms with van der Waals surface area (Å²) in [7, 11) is 0. The number of fused-ring (bicyclic) bond motifs is 2. The van der Waals surface area contributed by atoms with Crippen molar-refractivity contribution in [3.05, 3.63) is 34.3 Å². The maximum absolute atomic E-state index is 13.1. The van der Waals surface area contributed by atoms with Crippen LogP contribution in [-0.2, 0) is 26.5 Å². The van der Waals surface area contributed by atoms with Crippen LogP contribution >= 0.6 is 11.6 Å². The number of nitrogens with one attached hydrogen (secondary N) is 1. The van der Waals surface area contributed by atoms with E-state index in [-0.39, 0.29) is 17.4 Å². The molecule has 1 spiro atoms. The third-order valence-corrected chi connectivity index (χ3v) is 5.78. The second-order valence-corrected chi connectivity index (χ2v) is 9.71. The Morgan fingerprint density at radius 2 is 1.90 bits per heavy atom. The van der Waals surface area contributed by atoms with Crippen LogP contribution in [0.15, 0.2) is 18.2 Å². The van der Waals surface area contributed by atoms with Crippen molar-refractivity contribution in [3.8, 4) is 0 Å². The van der Waals surface area contributed by atoms with Gasteiger partial charge in [0.1, 0.15) is 11.6 Å². The number of alkyl carbamates (subject to hydrolysis) is 1. The van der Waals surface area contributed by atoms with E-state index in [1.807, 2.05) is 36.9 Å². The van der Waals surface area contributed by atoms with Crippen molar-refractivity contribution < 1.29 is 19.1 Å². The number of likely N-dealkylation sites (tertiary alicyclic amines) is 1. The molecule has 1 saturated heterocycles. The molecule has 2 amide bonds. The van der Waals surface area contributed by atoms with Crippen LogP contribution < -0.4 is 5.32 Å². The maximum atomic E-state index is 13.1. The minimum Gasteiger partial charge on any atom is -0.444 e. The van der Waals surface area contributed by atoms with E-state index in [1.165, 1.54) is 5.56 Å². The van der Waals surface area contributed by atoms with Gasteiger partial charge in [-0.25, -0.2) is 4.79 Å². The Hall–Kier alpha value is -1.79. The van der Waals surface area contributed by atoms with Crippen molar-refractivity contribution >= 4 is 23.6 Å². The van der Waals surface area contributed by atoms with Crippen LogP contribution in [0.2, 0.25) is 5.02 Å². The van der Waals surface area contributed by atoms with Gasteiger partial charge < -0.3 is 19.7 Å². The van der Waals surface area contributed by atoms with Gasteiger partial charge in [0.15, 0.2) is 0 Å². The van der Waals surface area contributed by atoms with E-state index >= 15 is 0 Å². The summed E-state index contributed by atoms with van der Waals surface area (Å²) in [6.07, 6.45) is 0.887. The van der Waals surface area contributed by atoms with Gasteiger partial charge in [0, 0.05) is 18.1 Å². The number of hydrogen-bond donors (Lipinski definition) is 1. The van der Waals surface area contributed by atoms with E-state index in [2.05, 4.69) is 5.32 Å². The van der Waals surface area contributed by atoms with E-state index in [4.69, 9.17) is 21.1 Å². The average Bonchev–Trinajstić information content (AvgIpc) is 2.95. The molecule has 1 aromatic rings. The van der Waals surface area contributed by atoms with Crippen LogP contribution in [0, 0.1) is 5.92 Å². The van der Waals surface area contributed by atoms with Gasteiger partial charge in [-0.3, -0.25) is 4.79 Å². The molecule has 0 bridgehead atoms. The summed E-state index contributed by atoms with van der Waals surface area (Å²) in [5.41, 5.74) is 1.36. The summed E-state index contributed by atoms with van der Waals surface area (Å²) < 4.78 is 11.5. The molecule has 7 heteroatoms. The summed E-state index contributed by atoms with van der Waals surface area (Å²) in [6, 6.07) is 5.29. The molecule has 2 aliphatic heterocycles. The van der Waals surface area contributed by atoms with Gasteiger partial charge >= 0.3 is 6.09 Å². The standard InChI is InChI=1S/C22H31ClN2O4/c1-14(2)18(24-20(27)29-21(3,4)5)19(26)25-10-8-22(9-11-25)17-7-6-16(23)12-15(17)13-28-22/h6-7,12,14,18H,8-11,13H2,1-5H3,(H,24,27)/t18-/m1/s1. The smallest absolute Gasteiger partial charge is 0.408 e. The highest BCUT2D eigenvalue weighted by Crippen LogP contribution is 2.44. The minimum absolute atomic E-state index is 0.0449. The van der Waals surface area contributed by atoms with E-state index in [0.717, 1.165) is 18.4 Å². The molecule has 1 fully saturated rings. The summed E-state index contributed by atoms with van der Waals surface area (Å²) in [5, 5.41) is 3.47. The first-order chi connectivity index (χ1) is 13.5. The number of ether oxygens (including phenoxy) is 2. The number of halogens is 1. The maximum Gasteiger partial charge on any atom is 0.408 e. The lowest BCUT2D eigenvalue weighted by Gasteiger charge is -2.40. The Morgan fingerprint density at radius 3 is 2.48 bits per heavy atom. The number of carbonyl (C=O) groups is 2. The number of hydrogen-bond acceptors (Lipinski definition) is 4. The molecule has 0 radical (unpaired) electrons. The van der Waals surface area contributed by atoms with Crippen molar-refractivity contribution in [1.29, 1.82) is 0 Å². The summed E-state index contributed by atoms with van der Waals surface area (Å²) in [6.45, 7) is 11.0. The van der Waals surface area contributed by atoms with Crippen molar-refractivity contribution in [1.82, 2.24) is 10.2 Å². The fourth-order valence-electron chi connectivity index (χ4n) is 4.07. The second kappa shape index (κ2) is 8.15. The lowest BCUT2D eigenvalue weighted by Crippen LogP contribution is -2.55. The summed E-state index contributed by atoms with van der Waals surface area (Å²) in [5.74, 6) is -0.119. The number of piperidine rings is 1. The molecule has 160 valence electrons. The lowest BCUT2D eigenvalue weighted by molar-refractivity contribution is -0.141. The molecular weight excluding hydrogens is 392 g/mol. The Kier molecular flexibility index (Phi) is 6.16. The first kappa shape index (κ1) is 21.9. The highest BCUT2D eigenvalue weighted by atomic mass is 35.5. The molecular formula is C22H31ClN2O4. The number of benzene rings is 1. The van der Waals surface area contributed by atoms with Gasteiger partial charge in [0.05, 0.1) is 12.2 Å². The normalized spacial score (nSPS) is 19.2. The molecule has 1 N–H and O–H groups in total. The topological polar surface area (TPSA) is 67.9 Å². The fourth-order valence-corrected chi connectivity index (χ4v) is 4.26. The third-order valence-electron chi connectivity index (χ3n) is 5.55. The van der Waals surface area contributed by atoms with Crippen molar-refractivity contribution in [3.63, 3.8) is 0 Å². The Labute approximate surface area is 177 Å². The molecule has 0 saturated carbocycles. The van der Waals surface area contributed by atoms with E-state index in [0.29, 0.717) is 24.7 Å². The monoisotopic (exact) mass is 422 g/mol. The van der Waals surface area contributed by atoms with Crippen LogP contribution in [0.3, 0.4) is 0 Å². The summed E-state index contributed by atoms with van der Waals surface area (Å²) >= 11 is 6.11. The van der Waals surface area contributed by atoms with Crippen molar-refractivity contribution in [2.24, 2.45) is 5.92 Å². The average molecular weight is 423 g/mol. The molecule has 6 nitrogen and oxygen atoms in total. The molecule has 2 heterocycles. The molecule has 0 aliphatic carbocycles. The van der Waals surface area contributed by atoms with Gasteiger partial charge in [0.2, 0.25) is 5.91 Å². The molecule has 0 aromatic heterocycles. The van der Waals surface area contributed by atoms with Crippen LogP contribution in [0.5, 0.6) is 0 Å². The van der Waals surface area contributed by atoms with E-state index in [9.17, 15) is 9.59 Å². The van der Waals surface area contributed by atoms with Crippen LogP contribution in [0.4, 0.5) is 4.79 Å². The Balaban J connectivity index is 1.65. The van der Waals surface area contributed by atoms with Gasteiger partial charge in [-0.05, 0) is 62.8 Å². The quantitative estimate of drug-likeness (QED) is 0.791. The molecule has 1 atom stereocenters. The van der Waals surface area contributed by atoms with E-state index in [1.54, 1.807) is 20.8 Å². The van der Waals surface area contributed by atoms with Crippen LogP contribution in [-0.4, -0.2) is 41.6 Å². The molecule has 1 aromatic carbocycles. The summed E-state index contributed by atoms with van der Waals surface area (Å²) in [4.78, 5) is 27.2. The number of carbonyl (C=O) groups excluding carboxylic acids is 2. The second-order valence-electron chi connectivity index (χ2n) is 9.28. The van der Waals surface area contributed by atoms with Gasteiger partial charge in [-0.15, -0.1) is 0 Å². The van der Waals surface area contributed by atoms with Gasteiger partial charge in [-0.2, -0.15) is 0 Å². The third kappa shape index (κ3) is 4.86.